The molecule has 0 spiro atoms. The minimum absolute atomic E-state index is 0.557. The van der Waals surface area contributed by atoms with Crippen molar-refractivity contribution in [3.05, 3.63) is 47.9 Å². The zero-order valence-electron chi connectivity index (χ0n) is 16.8. The molecule has 0 saturated carbocycles. The van der Waals surface area contributed by atoms with Gasteiger partial charge in [0.15, 0.2) is 5.96 Å². The molecule has 7 nitrogen and oxygen atoms in total. The monoisotopic (exact) mass is 382 g/mol. The maximum atomic E-state index is 4.93. The van der Waals surface area contributed by atoms with Crippen LogP contribution in [0.3, 0.4) is 0 Å². The Morgan fingerprint density at radius 2 is 2.04 bits per heavy atom. The molecule has 7 heteroatoms. The summed E-state index contributed by atoms with van der Waals surface area (Å²) in [6.07, 6.45) is 2.77. The van der Waals surface area contributed by atoms with E-state index in [9.17, 15) is 0 Å². The number of aliphatic imine (C=N–C) groups is 1. The van der Waals surface area contributed by atoms with E-state index in [1.807, 2.05) is 13.1 Å². The van der Waals surface area contributed by atoms with Gasteiger partial charge in [-0.1, -0.05) is 23.4 Å². The fourth-order valence-corrected chi connectivity index (χ4v) is 4.26. The van der Waals surface area contributed by atoms with Gasteiger partial charge in [-0.3, -0.25) is 9.89 Å². The summed E-state index contributed by atoms with van der Waals surface area (Å²) < 4.78 is 4.93. The summed E-state index contributed by atoms with van der Waals surface area (Å²) in [7, 11) is 1.87. The van der Waals surface area contributed by atoms with Crippen molar-refractivity contribution >= 4 is 11.6 Å². The van der Waals surface area contributed by atoms with E-state index >= 15 is 0 Å². The predicted molar refractivity (Wildman–Crippen MR) is 112 cm³/mol. The topological polar surface area (TPSA) is 60.1 Å². The van der Waals surface area contributed by atoms with Crippen molar-refractivity contribution in [1.29, 1.82) is 0 Å². The van der Waals surface area contributed by atoms with Crippen LogP contribution in [0.15, 0.2) is 46.1 Å². The molecule has 28 heavy (non-hydrogen) atoms. The largest absolute Gasteiger partial charge is 0.367 e. The molecule has 150 valence electrons. The lowest BCUT2D eigenvalue weighted by Gasteiger charge is -2.36. The first-order valence-corrected chi connectivity index (χ1v) is 10.2. The summed E-state index contributed by atoms with van der Waals surface area (Å²) in [5, 5.41) is 7.58. The minimum atomic E-state index is 0.557. The number of aromatic nitrogens is 1. The van der Waals surface area contributed by atoms with Gasteiger partial charge in [0.25, 0.3) is 0 Å². The lowest BCUT2D eigenvalue weighted by atomic mass is 10.1. The van der Waals surface area contributed by atoms with Gasteiger partial charge in [0.1, 0.15) is 6.26 Å². The van der Waals surface area contributed by atoms with Gasteiger partial charge < -0.3 is 19.6 Å². The van der Waals surface area contributed by atoms with E-state index in [0.29, 0.717) is 6.04 Å². The quantitative estimate of drug-likeness (QED) is 0.629. The zero-order chi connectivity index (χ0) is 19.3. The summed E-state index contributed by atoms with van der Waals surface area (Å²) in [5.41, 5.74) is 3.84. The van der Waals surface area contributed by atoms with E-state index in [2.05, 4.69) is 61.4 Å². The van der Waals surface area contributed by atoms with Gasteiger partial charge in [0, 0.05) is 70.7 Å². The van der Waals surface area contributed by atoms with Crippen molar-refractivity contribution in [2.24, 2.45) is 4.99 Å². The Labute approximate surface area is 167 Å². The molecule has 1 N–H and O–H groups in total. The number of anilines is 1. The average Bonchev–Trinajstić information content (AvgIpc) is 3.33. The van der Waals surface area contributed by atoms with Crippen LogP contribution in [0.1, 0.15) is 18.2 Å². The smallest absolute Gasteiger partial charge is 0.193 e. The van der Waals surface area contributed by atoms with Gasteiger partial charge in [-0.25, -0.2) is 0 Å². The summed E-state index contributed by atoms with van der Waals surface area (Å²) in [4.78, 5) is 11.8. The first-order valence-electron chi connectivity index (χ1n) is 10.2. The number of para-hydroxylation sites is 1. The molecular formula is C21H30N6O. The summed E-state index contributed by atoms with van der Waals surface area (Å²) in [5.74, 6) is 1.00. The van der Waals surface area contributed by atoms with E-state index in [1.54, 1.807) is 6.26 Å². The molecule has 2 aliphatic heterocycles. The molecule has 1 atom stereocenters. The van der Waals surface area contributed by atoms with Gasteiger partial charge in [-0.05, 0) is 25.0 Å². The summed E-state index contributed by atoms with van der Waals surface area (Å²) in [6.45, 7) is 8.99. The molecule has 3 heterocycles. The van der Waals surface area contributed by atoms with E-state index in [4.69, 9.17) is 4.52 Å². The summed E-state index contributed by atoms with van der Waals surface area (Å²) in [6, 6.07) is 11.2. The third-order valence-corrected chi connectivity index (χ3v) is 5.74. The fraction of sp³-hybridized carbons (Fsp3) is 0.524. The normalized spacial score (nSPS) is 20.5. The molecule has 0 aliphatic carbocycles. The van der Waals surface area contributed by atoms with Crippen molar-refractivity contribution in [2.45, 2.75) is 25.9 Å². The SMILES string of the molecule is CN=C(NCCN1c2ccccc2CC1C)N1CCN(Cc2ccon2)CC1. The Bertz CT molecular complexity index is 782. The maximum absolute atomic E-state index is 4.93. The van der Waals surface area contributed by atoms with Crippen molar-refractivity contribution in [1.82, 2.24) is 20.3 Å². The molecular weight excluding hydrogens is 352 g/mol. The van der Waals surface area contributed by atoms with Crippen LogP contribution in [0.25, 0.3) is 0 Å². The number of guanidine groups is 1. The van der Waals surface area contributed by atoms with Gasteiger partial charge in [0.2, 0.25) is 0 Å². The number of hydrogen-bond acceptors (Lipinski definition) is 5. The van der Waals surface area contributed by atoms with E-state index in [1.165, 1.54) is 11.3 Å². The van der Waals surface area contributed by atoms with Crippen molar-refractivity contribution in [3.8, 4) is 0 Å². The molecule has 1 fully saturated rings. The third-order valence-electron chi connectivity index (χ3n) is 5.74. The Hall–Kier alpha value is -2.54. The number of fused-ring (bicyclic) bond motifs is 1. The number of benzene rings is 1. The van der Waals surface area contributed by atoms with Crippen LogP contribution >= 0.6 is 0 Å². The molecule has 2 aromatic rings. The molecule has 1 saturated heterocycles. The highest BCUT2D eigenvalue weighted by Crippen LogP contribution is 2.31. The van der Waals surface area contributed by atoms with Crippen LogP contribution < -0.4 is 10.2 Å². The highest BCUT2D eigenvalue weighted by molar-refractivity contribution is 5.80. The number of nitrogens with zero attached hydrogens (tertiary/aromatic N) is 5. The summed E-state index contributed by atoms with van der Waals surface area (Å²) >= 11 is 0. The first kappa shape index (κ1) is 18.8. The lowest BCUT2D eigenvalue weighted by Crippen LogP contribution is -2.53. The van der Waals surface area contributed by atoms with Gasteiger partial charge in [-0.15, -0.1) is 0 Å². The number of hydrogen-bond donors (Lipinski definition) is 1. The second-order valence-corrected chi connectivity index (χ2v) is 7.60. The average molecular weight is 383 g/mol. The number of rotatable bonds is 5. The minimum Gasteiger partial charge on any atom is -0.367 e. The molecule has 4 rings (SSSR count). The molecule has 1 unspecified atom stereocenters. The highest BCUT2D eigenvalue weighted by Gasteiger charge is 2.25. The number of piperazine rings is 1. The van der Waals surface area contributed by atoms with Crippen LogP contribution in [0.5, 0.6) is 0 Å². The first-order chi connectivity index (χ1) is 13.7. The van der Waals surface area contributed by atoms with Crippen LogP contribution in [0.2, 0.25) is 0 Å². The standard InChI is InChI=1S/C21H30N6O/c1-17-15-18-5-3-4-6-20(18)27(17)9-8-23-21(22-2)26-12-10-25(11-13-26)16-19-7-14-28-24-19/h3-7,14,17H,8-13,15-16H2,1-2H3,(H,22,23). The molecule has 1 aromatic heterocycles. The van der Waals surface area contributed by atoms with E-state index in [0.717, 1.165) is 63.9 Å². The Kier molecular flexibility index (Phi) is 5.81. The van der Waals surface area contributed by atoms with Gasteiger partial charge >= 0.3 is 0 Å². The fourth-order valence-electron chi connectivity index (χ4n) is 4.26. The zero-order valence-corrected chi connectivity index (χ0v) is 16.8. The molecule has 0 radical (unpaired) electrons. The predicted octanol–water partition coefficient (Wildman–Crippen LogP) is 1.82. The highest BCUT2D eigenvalue weighted by atomic mass is 16.5. The Morgan fingerprint density at radius 3 is 2.79 bits per heavy atom. The van der Waals surface area contributed by atoms with Gasteiger partial charge in [-0.2, -0.15) is 0 Å². The lowest BCUT2D eigenvalue weighted by molar-refractivity contribution is 0.169. The molecule has 0 amide bonds. The Morgan fingerprint density at radius 1 is 1.21 bits per heavy atom. The van der Waals surface area contributed by atoms with Crippen LogP contribution in [-0.4, -0.2) is 73.3 Å². The second-order valence-electron chi connectivity index (χ2n) is 7.60. The van der Waals surface area contributed by atoms with E-state index in [-0.39, 0.29) is 0 Å². The number of nitrogens with one attached hydrogen (secondary N) is 1. The van der Waals surface area contributed by atoms with Gasteiger partial charge in [0.05, 0.1) is 5.69 Å². The molecule has 2 aliphatic rings. The van der Waals surface area contributed by atoms with E-state index < -0.39 is 0 Å². The van der Waals surface area contributed by atoms with Crippen LogP contribution in [-0.2, 0) is 13.0 Å². The molecule has 1 aromatic carbocycles. The van der Waals surface area contributed by atoms with Crippen LogP contribution in [0, 0.1) is 0 Å². The van der Waals surface area contributed by atoms with Crippen molar-refractivity contribution in [3.63, 3.8) is 0 Å². The maximum Gasteiger partial charge on any atom is 0.193 e. The molecule has 0 bridgehead atoms. The third kappa shape index (κ3) is 4.14. The van der Waals surface area contributed by atoms with Crippen molar-refractivity contribution < 1.29 is 4.52 Å². The second kappa shape index (κ2) is 8.65. The van der Waals surface area contributed by atoms with Crippen LogP contribution in [0.4, 0.5) is 5.69 Å². The van der Waals surface area contributed by atoms with Crippen molar-refractivity contribution in [2.75, 3.05) is 51.2 Å². The Balaban J connectivity index is 1.24.